The second-order valence-electron chi connectivity index (χ2n) is 7.73. The number of hydrogen-bond acceptors (Lipinski definition) is 3. The highest BCUT2D eigenvalue weighted by Crippen LogP contribution is 2.27. The molecule has 0 radical (unpaired) electrons. The molecule has 1 amide bonds. The lowest BCUT2D eigenvalue weighted by atomic mass is 10.00. The molecule has 3 aromatic carbocycles. The summed E-state index contributed by atoms with van der Waals surface area (Å²) in [6.45, 7) is 2.93. The van der Waals surface area contributed by atoms with Gasteiger partial charge in [0.05, 0.1) is 7.11 Å². The smallest absolute Gasteiger partial charge is 0.258 e. The van der Waals surface area contributed by atoms with Crippen molar-refractivity contribution < 1.29 is 9.53 Å². The van der Waals surface area contributed by atoms with E-state index in [0.717, 1.165) is 43.9 Å². The van der Waals surface area contributed by atoms with Gasteiger partial charge in [-0.05, 0) is 54.8 Å². The lowest BCUT2D eigenvalue weighted by Gasteiger charge is -2.38. The first-order valence-electron chi connectivity index (χ1n) is 10.5. The third-order valence-corrected chi connectivity index (χ3v) is 5.76. The largest absolute Gasteiger partial charge is 0.497 e. The number of methoxy groups -OCH3 is 1. The minimum Gasteiger partial charge on any atom is -0.497 e. The van der Waals surface area contributed by atoms with Crippen molar-refractivity contribution in [3.63, 3.8) is 0 Å². The third kappa shape index (κ3) is 4.71. The van der Waals surface area contributed by atoms with Crippen LogP contribution in [0.5, 0.6) is 5.75 Å². The van der Waals surface area contributed by atoms with E-state index in [0.29, 0.717) is 5.56 Å². The lowest BCUT2D eigenvalue weighted by Crippen LogP contribution is -2.47. The number of ether oxygens (including phenoxy) is 1. The van der Waals surface area contributed by atoms with Gasteiger partial charge in [-0.1, -0.05) is 48.5 Å². The normalized spacial score (nSPS) is 15.0. The molecule has 4 rings (SSSR count). The summed E-state index contributed by atoms with van der Waals surface area (Å²) >= 11 is 0. The van der Waals surface area contributed by atoms with Crippen LogP contribution in [0.4, 0.5) is 5.69 Å². The van der Waals surface area contributed by atoms with Crippen molar-refractivity contribution in [3.05, 3.63) is 96.1 Å². The van der Waals surface area contributed by atoms with E-state index in [1.165, 1.54) is 5.56 Å². The highest BCUT2D eigenvalue weighted by molar-refractivity contribution is 6.06. The van der Waals surface area contributed by atoms with Crippen LogP contribution >= 0.6 is 0 Å². The van der Waals surface area contributed by atoms with Gasteiger partial charge in [0.25, 0.3) is 5.91 Å². The Morgan fingerprint density at radius 3 is 2.10 bits per heavy atom. The lowest BCUT2D eigenvalue weighted by molar-refractivity contribution is 0.0958. The van der Waals surface area contributed by atoms with Gasteiger partial charge in [-0.3, -0.25) is 9.69 Å². The Kier molecular flexibility index (Phi) is 6.45. The first kappa shape index (κ1) is 20.2. The fraction of sp³-hybridized carbons (Fsp3) is 0.269. The minimum absolute atomic E-state index is 0.0466. The molecule has 1 aliphatic rings. The molecule has 154 valence electrons. The van der Waals surface area contributed by atoms with E-state index in [4.69, 9.17) is 4.74 Å². The summed E-state index contributed by atoms with van der Waals surface area (Å²) in [4.78, 5) is 18.0. The molecule has 0 aliphatic carbocycles. The SMILES string of the molecule is COc1ccc(C(=O)N(c2ccccc2)C2CCN(Cc3ccccc3)CC2)cc1. The summed E-state index contributed by atoms with van der Waals surface area (Å²) < 4.78 is 5.24. The standard InChI is InChI=1S/C26H28N2O2/c1-30-25-14-12-22(13-15-25)26(29)28(23-10-6-3-7-11-23)24-16-18-27(19-17-24)20-21-8-4-2-5-9-21/h2-15,24H,16-20H2,1H3. The van der Waals surface area contributed by atoms with Crippen LogP contribution in [-0.2, 0) is 6.54 Å². The van der Waals surface area contributed by atoms with E-state index in [-0.39, 0.29) is 11.9 Å². The molecule has 3 aromatic rings. The Bertz CT molecular complexity index is 934. The molecule has 30 heavy (non-hydrogen) atoms. The molecule has 0 aromatic heterocycles. The predicted octanol–water partition coefficient (Wildman–Crippen LogP) is 5.01. The molecule has 0 unspecified atom stereocenters. The Morgan fingerprint density at radius 2 is 1.50 bits per heavy atom. The van der Waals surface area contributed by atoms with E-state index in [1.807, 2.05) is 59.5 Å². The van der Waals surface area contributed by atoms with Crippen molar-refractivity contribution >= 4 is 11.6 Å². The van der Waals surface area contributed by atoms with Crippen molar-refractivity contribution in [2.24, 2.45) is 0 Å². The van der Waals surface area contributed by atoms with Crippen LogP contribution in [0.1, 0.15) is 28.8 Å². The molecule has 0 spiro atoms. The molecule has 1 heterocycles. The number of carbonyl (C=O) groups excluding carboxylic acids is 1. The topological polar surface area (TPSA) is 32.8 Å². The zero-order valence-corrected chi connectivity index (χ0v) is 17.4. The number of benzene rings is 3. The van der Waals surface area contributed by atoms with Gasteiger partial charge < -0.3 is 9.64 Å². The van der Waals surface area contributed by atoms with Gasteiger partial charge in [-0.2, -0.15) is 0 Å². The van der Waals surface area contributed by atoms with Crippen molar-refractivity contribution in [2.45, 2.75) is 25.4 Å². The van der Waals surface area contributed by atoms with E-state index in [1.54, 1.807) is 7.11 Å². The fourth-order valence-electron chi connectivity index (χ4n) is 4.13. The van der Waals surface area contributed by atoms with Crippen molar-refractivity contribution in [3.8, 4) is 5.75 Å². The molecule has 0 bridgehead atoms. The second kappa shape index (κ2) is 9.59. The molecular weight excluding hydrogens is 372 g/mol. The summed E-state index contributed by atoms with van der Waals surface area (Å²) in [6, 6.07) is 28.2. The maximum Gasteiger partial charge on any atom is 0.258 e. The molecule has 0 saturated carbocycles. The number of carbonyl (C=O) groups is 1. The molecule has 1 fully saturated rings. The third-order valence-electron chi connectivity index (χ3n) is 5.76. The molecule has 4 nitrogen and oxygen atoms in total. The van der Waals surface area contributed by atoms with Gasteiger partial charge in [0, 0.05) is 36.9 Å². The van der Waals surface area contributed by atoms with Crippen molar-refractivity contribution in [1.82, 2.24) is 4.90 Å². The monoisotopic (exact) mass is 400 g/mol. The van der Waals surface area contributed by atoms with Gasteiger partial charge in [0.1, 0.15) is 5.75 Å². The first-order chi connectivity index (χ1) is 14.7. The van der Waals surface area contributed by atoms with Crippen molar-refractivity contribution in [2.75, 3.05) is 25.1 Å². The number of likely N-dealkylation sites (tertiary alicyclic amines) is 1. The second-order valence-corrected chi connectivity index (χ2v) is 7.73. The van der Waals surface area contributed by atoms with Crippen LogP contribution < -0.4 is 9.64 Å². The van der Waals surface area contributed by atoms with E-state index in [2.05, 4.69) is 35.2 Å². The maximum absolute atomic E-state index is 13.5. The van der Waals surface area contributed by atoms with Crippen LogP contribution in [0, 0.1) is 0 Å². The highest BCUT2D eigenvalue weighted by Gasteiger charge is 2.29. The molecule has 0 atom stereocenters. The van der Waals surface area contributed by atoms with Gasteiger partial charge >= 0.3 is 0 Å². The van der Waals surface area contributed by atoms with Gasteiger partial charge in [0.15, 0.2) is 0 Å². The fourth-order valence-corrected chi connectivity index (χ4v) is 4.13. The zero-order chi connectivity index (χ0) is 20.8. The predicted molar refractivity (Wildman–Crippen MR) is 121 cm³/mol. The number of amides is 1. The van der Waals surface area contributed by atoms with Gasteiger partial charge in [0.2, 0.25) is 0 Å². The average Bonchev–Trinajstić information content (AvgIpc) is 2.82. The van der Waals surface area contributed by atoms with Crippen LogP contribution in [0.15, 0.2) is 84.9 Å². The Labute approximate surface area is 178 Å². The molecule has 1 aliphatic heterocycles. The number of rotatable bonds is 6. The van der Waals surface area contributed by atoms with Crippen LogP contribution in [0.3, 0.4) is 0 Å². The number of para-hydroxylation sites is 1. The average molecular weight is 401 g/mol. The summed E-state index contributed by atoms with van der Waals surface area (Å²) in [5.41, 5.74) is 2.98. The molecular formula is C26H28N2O2. The molecule has 4 heteroatoms. The summed E-state index contributed by atoms with van der Waals surface area (Å²) in [7, 11) is 1.64. The van der Waals surface area contributed by atoms with Crippen LogP contribution in [-0.4, -0.2) is 37.0 Å². The van der Waals surface area contributed by atoms with E-state index in [9.17, 15) is 4.79 Å². The van der Waals surface area contributed by atoms with Crippen molar-refractivity contribution in [1.29, 1.82) is 0 Å². The maximum atomic E-state index is 13.5. The summed E-state index contributed by atoms with van der Waals surface area (Å²) in [5.74, 6) is 0.803. The van der Waals surface area contributed by atoms with Crippen LogP contribution in [0.25, 0.3) is 0 Å². The Hall–Kier alpha value is -3.11. The van der Waals surface area contributed by atoms with Gasteiger partial charge in [-0.25, -0.2) is 0 Å². The number of nitrogens with zero attached hydrogens (tertiary/aromatic N) is 2. The number of hydrogen-bond donors (Lipinski definition) is 0. The van der Waals surface area contributed by atoms with Gasteiger partial charge in [-0.15, -0.1) is 0 Å². The van der Waals surface area contributed by atoms with E-state index < -0.39 is 0 Å². The quantitative estimate of drug-likeness (QED) is 0.583. The first-order valence-corrected chi connectivity index (χ1v) is 10.5. The molecule has 1 saturated heterocycles. The van der Waals surface area contributed by atoms with E-state index >= 15 is 0 Å². The Morgan fingerprint density at radius 1 is 0.900 bits per heavy atom. The minimum atomic E-state index is 0.0466. The zero-order valence-electron chi connectivity index (χ0n) is 17.4. The molecule has 0 N–H and O–H groups in total. The number of piperidine rings is 1. The van der Waals surface area contributed by atoms with Crippen LogP contribution in [0.2, 0.25) is 0 Å². The summed E-state index contributed by atoms with van der Waals surface area (Å²) in [6.07, 6.45) is 1.92. The summed E-state index contributed by atoms with van der Waals surface area (Å²) in [5, 5.41) is 0. The number of anilines is 1. The Balaban J connectivity index is 1.50. The highest BCUT2D eigenvalue weighted by atomic mass is 16.5.